The second-order valence-electron chi connectivity index (χ2n) is 7.46. The van der Waals surface area contributed by atoms with Crippen LogP contribution in [-0.2, 0) is 19.6 Å². The maximum atomic E-state index is 12.5. The molecule has 0 aliphatic heterocycles. The van der Waals surface area contributed by atoms with Gasteiger partial charge in [-0.2, -0.15) is 0 Å². The number of aromatic hydroxyl groups is 3. The van der Waals surface area contributed by atoms with Gasteiger partial charge >= 0.3 is 0 Å². The highest BCUT2D eigenvalue weighted by atomic mass is 16.3. The molecule has 0 unspecified atom stereocenters. The molecule has 0 atom stereocenters. The zero-order valence-electron chi connectivity index (χ0n) is 18.0. The van der Waals surface area contributed by atoms with E-state index in [-0.39, 0.29) is 41.8 Å². The van der Waals surface area contributed by atoms with Gasteiger partial charge in [-0.15, -0.1) is 0 Å². The summed E-state index contributed by atoms with van der Waals surface area (Å²) < 4.78 is 0. The van der Waals surface area contributed by atoms with E-state index in [4.69, 9.17) is 0 Å². The van der Waals surface area contributed by atoms with E-state index in [2.05, 4.69) is 25.3 Å². The number of pyridine rings is 4. The molecule has 172 valence electrons. The van der Waals surface area contributed by atoms with Crippen LogP contribution in [0, 0.1) is 0 Å². The number of rotatable bonds is 8. The van der Waals surface area contributed by atoms with E-state index >= 15 is 0 Å². The molecule has 10 heteroatoms. The van der Waals surface area contributed by atoms with Crippen molar-refractivity contribution in [1.82, 2.24) is 24.8 Å². The number of carbonyl (C=O) groups is 1. The predicted octanol–water partition coefficient (Wildman–Crippen LogP) is 2.84. The Morgan fingerprint density at radius 1 is 0.735 bits per heavy atom. The van der Waals surface area contributed by atoms with Gasteiger partial charge < -0.3 is 20.6 Å². The molecule has 10 nitrogen and oxygen atoms in total. The molecule has 4 aromatic rings. The van der Waals surface area contributed by atoms with Crippen molar-refractivity contribution in [3.05, 3.63) is 96.0 Å². The Morgan fingerprint density at radius 3 is 1.91 bits per heavy atom. The highest BCUT2D eigenvalue weighted by Gasteiger charge is 2.16. The number of amides is 1. The lowest BCUT2D eigenvalue weighted by Crippen LogP contribution is -2.24. The lowest BCUT2D eigenvalue weighted by molar-refractivity contribution is 0.101. The standard InChI is InChI=1S/C24H22N6O4/c31-19-4-1-8-25-17(19)14-30(15-18-20(32)5-2-9-26-18)13-16-7-11-27-22(12-16)29-24(34)23-21(33)6-3-10-28-23/h1-12,31-33H,13-15H2,(H,27,29,34). The zero-order valence-corrected chi connectivity index (χ0v) is 18.0. The number of anilines is 1. The van der Waals surface area contributed by atoms with Crippen molar-refractivity contribution >= 4 is 11.7 Å². The maximum Gasteiger partial charge on any atom is 0.279 e. The van der Waals surface area contributed by atoms with Crippen molar-refractivity contribution in [2.24, 2.45) is 0 Å². The van der Waals surface area contributed by atoms with Gasteiger partial charge in [0.1, 0.15) is 23.1 Å². The average molecular weight is 458 g/mol. The Hall–Kier alpha value is -4.57. The second-order valence-corrected chi connectivity index (χ2v) is 7.46. The first-order valence-electron chi connectivity index (χ1n) is 10.4. The first-order chi connectivity index (χ1) is 16.5. The van der Waals surface area contributed by atoms with Crippen molar-refractivity contribution in [2.75, 3.05) is 5.32 Å². The van der Waals surface area contributed by atoms with Crippen LogP contribution in [0.5, 0.6) is 17.2 Å². The van der Waals surface area contributed by atoms with Gasteiger partial charge in [0.15, 0.2) is 5.69 Å². The lowest BCUT2D eigenvalue weighted by atomic mass is 10.2. The van der Waals surface area contributed by atoms with E-state index < -0.39 is 5.91 Å². The third-order valence-electron chi connectivity index (χ3n) is 4.95. The van der Waals surface area contributed by atoms with Crippen molar-refractivity contribution in [2.45, 2.75) is 19.6 Å². The third-order valence-corrected chi connectivity index (χ3v) is 4.95. The van der Waals surface area contributed by atoms with Crippen LogP contribution < -0.4 is 5.32 Å². The quantitative estimate of drug-likeness (QED) is 0.313. The highest BCUT2D eigenvalue weighted by molar-refractivity contribution is 6.04. The third kappa shape index (κ3) is 5.61. The Labute approximate surface area is 195 Å². The van der Waals surface area contributed by atoms with Crippen LogP contribution in [0.25, 0.3) is 0 Å². The summed E-state index contributed by atoms with van der Waals surface area (Å²) >= 11 is 0. The molecule has 0 spiro atoms. The summed E-state index contributed by atoms with van der Waals surface area (Å²) in [6.45, 7) is 0.954. The normalized spacial score (nSPS) is 10.9. The van der Waals surface area contributed by atoms with Crippen LogP contribution in [0.1, 0.15) is 27.4 Å². The molecule has 4 heterocycles. The summed E-state index contributed by atoms with van der Waals surface area (Å²) in [5.41, 5.74) is 1.66. The van der Waals surface area contributed by atoms with Crippen molar-refractivity contribution < 1.29 is 20.1 Å². The molecule has 0 aliphatic carbocycles. The molecule has 0 radical (unpaired) electrons. The van der Waals surface area contributed by atoms with Crippen molar-refractivity contribution in [3.63, 3.8) is 0 Å². The highest BCUT2D eigenvalue weighted by Crippen LogP contribution is 2.22. The molecule has 0 fully saturated rings. The fourth-order valence-corrected chi connectivity index (χ4v) is 3.34. The summed E-state index contributed by atoms with van der Waals surface area (Å²) in [5.74, 6) is -0.399. The van der Waals surface area contributed by atoms with E-state index in [1.165, 1.54) is 18.3 Å². The minimum atomic E-state index is -0.587. The van der Waals surface area contributed by atoms with Crippen LogP contribution >= 0.6 is 0 Å². The lowest BCUT2D eigenvalue weighted by Gasteiger charge is -2.22. The van der Waals surface area contributed by atoms with Crippen molar-refractivity contribution in [1.29, 1.82) is 0 Å². The summed E-state index contributed by atoms with van der Waals surface area (Å²) in [4.78, 5) is 31.0. The monoisotopic (exact) mass is 458 g/mol. The Balaban J connectivity index is 1.54. The predicted molar refractivity (Wildman–Crippen MR) is 123 cm³/mol. The molecule has 0 bridgehead atoms. The topological polar surface area (TPSA) is 145 Å². The van der Waals surface area contributed by atoms with Gasteiger partial charge in [-0.3, -0.25) is 19.7 Å². The van der Waals surface area contributed by atoms with E-state index in [1.54, 1.807) is 55.0 Å². The maximum absolute atomic E-state index is 12.5. The Morgan fingerprint density at radius 2 is 1.32 bits per heavy atom. The molecule has 34 heavy (non-hydrogen) atoms. The minimum Gasteiger partial charge on any atom is -0.506 e. The van der Waals surface area contributed by atoms with Crippen LogP contribution in [0.15, 0.2) is 73.3 Å². The molecular formula is C24H22N6O4. The van der Waals surface area contributed by atoms with Crippen LogP contribution in [0.4, 0.5) is 5.82 Å². The van der Waals surface area contributed by atoms with Gasteiger partial charge in [0, 0.05) is 44.4 Å². The number of aromatic nitrogens is 4. The molecule has 0 aliphatic rings. The fraction of sp³-hybridized carbons (Fsp3) is 0.125. The first kappa shape index (κ1) is 22.6. The number of hydrogen-bond acceptors (Lipinski definition) is 9. The van der Waals surface area contributed by atoms with Gasteiger partial charge in [0.2, 0.25) is 0 Å². The number of nitrogens with zero attached hydrogens (tertiary/aromatic N) is 5. The number of nitrogens with one attached hydrogen (secondary N) is 1. The Bertz CT molecular complexity index is 1250. The van der Waals surface area contributed by atoms with E-state index in [0.29, 0.717) is 17.9 Å². The summed E-state index contributed by atoms with van der Waals surface area (Å²) in [5, 5.41) is 32.9. The average Bonchev–Trinajstić information content (AvgIpc) is 2.82. The molecular weight excluding hydrogens is 436 g/mol. The SMILES string of the molecule is O=C(Nc1cc(CN(Cc2ncccc2O)Cc2ncccc2O)ccn1)c1ncccc1O. The van der Waals surface area contributed by atoms with Gasteiger partial charge in [-0.05, 0) is 54.1 Å². The summed E-state index contributed by atoms with van der Waals surface area (Å²) in [7, 11) is 0. The van der Waals surface area contributed by atoms with E-state index in [9.17, 15) is 20.1 Å². The van der Waals surface area contributed by atoms with Gasteiger partial charge in [0.25, 0.3) is 5.91 Å². The zero-order chi connectivity index (χ0) is 23.9. The molecule has 4 rings (SSSR count). The minimum absolute atomic E-state index is 0.0654. The smallest absolute Gasteiger partial charge is 0.279 e. The van der Waals surface area contributed by atoms with Crippen LogP contribution in [0.2, 0.25) is 0 Å². The van der Waals surface area contributed by atoms with Crippen LogP contribution in [-0.4, -0.2) is 46.1 Å². The van der Waals surface area contributed by atoms with Crippen molar-refractivity contribution in [3.8, 4) is 17.2 Å². The molecule has 4 aromatic heterocycles. The van der Waals surface area contributed by atoms with E-state index in [1.807, 2.05) is 4.90 Å². The molecule has 0 aromatic carbocycles. The van der Waals surface area contributed by atoms with Gasteiger partial charge in [-0.1, -0.05) is 0 Å². The molecule has 4 N–H and O–H groups in total. The van der Waals surface area contributed by atoms with Gasteiger partial charge in [-0.25, -0.2) is 9.97 Å². The Kier molecular flexibility index (Phi) is 6.89. The molecule has 1 amide bonds. The molecule has 0 saturated carbocycles. The van der Waals surface area contributed by atoms with Gasteiger partial charge in [0.05, 0.1) is 11.4 Å². The number of hydrogen-bond donors (Lipinski definition) is 4. The second kappa shape index (κ2) is 10.4. The summed E-state index contributed by atoms with van der Waals surface area (Å²) in [6.07, 6.45) is 6.16. The summed E-state index contributed by atoms with van der Waals surface area (Å²) in [6, 6.07) is 12.8. The number of carbonyl (C=O) groups excluding carboxylic acids is 1. The fourth-order valence-electron chi connectivity index (χ4n) is 3.34. The van der Waals surface area contributed by atoms with E-state index in [0.717, 1.165) is 5.56 Å². The van der Waals surface area contributed by atoms with Crippen LogP contribution in [0.3, 0.4) is 0 Å². The first-order valence-corrected chi connectivity index (χ1v) is 10.4. The molecule has 0 saturated heterocycles. The largest absolute Gasteiger partial charge is 0.506 e.